The van der Waals surface area contributed by atoms with Crippen LogP contribution in [0.25, 0.3) is 11.3 Å². The maximum absolute atomic E-state index is 12.3. The topological polar surface area (TPSA) is 42.0 Å². The molecule has 0 saturated carbocycles. The van der Waals surface area contributed by atoms with Crippen LogP contribution in [0.4, 0.5) is 5.13 Å². The van der Waals surface area contributed by atoms with Gasteiger partial charge in [0.25, 0.3) is 5.91 Å². The number of benzene rings is 2. The number of nitrogens with zero attached hydrogens (tertiary/aromatic N) is 1. The maximum Gasteiger partial charge on any atom is 0.257 e. The molecule has 0 bridgehead atoms. The van der Waals surface area contributed by atoms with E-state index in [4.69, 9.17) is 23.2 Å². The van der Waals surface area contributed by atoms with Crippen molar-refractivity contribution in [1.29, 1.82) is 0 Å². The van der Waals surface area contributed by atoms with E-state index in [1.165, 1.54) is 11.3 Å². The molecule has 0 saturated heterocycles. The minimum absolute atomic E-state index is 0.175. The molecule has 1 heterocycles. The molecule has 0 atom stereocenters. The Morgan fingerprint density at radius 3 is 2.70 bits per heavy atom. The van der Waals surface area contributed by atoms with E-state index >= 15 is 0 Å². The summed E-state index contributed by atoms with van der Waals surface area (Å²) in [6.07, 6.45) is 0. The fraction of sp³-hybridized carbons (Fsp3) is 0.0588. The predicted octanol–water partition coefficient (Wildman–Crippen LogP) is 5.68. The zero-order chi connectivity index (χ0) is 16.4. The molecule has 23 heavy (non-hydrogen) atoms. The van der Waals surface area contributed by atoms with Gasteiger partial charge in [0.2, 0.25) is 0 Å². The molecule has 0 spiro atoms. The number of thiazole rings is 1. The van der Waals surface area contributed by atoms with Crippen molar-refractivity contribution in [3.8, 4) is 11.3 Å². The van der Waals surface area contributed by atoms with E-state index in [2.05, 4.69) is 10.3 Å². The normalized spacial score (nSPS) is 10.6. The summed E-state index contributed by atoms with van der Waals surface area (Å²) < 4.78 is 0. The van der Waals surface area contributed by atoms with Crippen molar-refractivity contribution < 1.29 is 4.79 Å². The van der Waals surface area contributed by atoms with Crippen molar-refractivity contribution in [1.82, 2.24) is 4.98 Å². The van der Waals surface area contributed by atoms with Gasteiger partial charge in [0.05, 0.1) is 10.7 Å². The summed E-state index contributed by atoms with van der Waals surface area (Å²) in [5.41, 5.74) is 3.04. The van der Waals surface area contributed by atoms with Crippen LogP contribution in [0.3, 0.4) is 0 Å². The first-order valence-electron chi connectivity index (χ1n) is 6.82. The van der Waals surface area contributed by atoms with Crippen LogP contribution < -0.4 is 5.32 Å². The summed E-state index contributed by atoms with van der Waals surface area (Å²) in [5.74, 6) is -0.175. The molecule has 3 aromatic rings. The molecule has 0 radical (unpaired) electrons. The zero-order valence-corrected chi connectivity index (χ0v) is 14.5. The van der Waals surface area contributed by atoms with Crippen molar-refractivity contribution in [2.75, 3.05) is 5.32 Å². The number of aromatic nitrogens is 1. The third-order valence-electron chi connectivity index (χ3n) is 3.32. The molecule has 3 nitrogen and oxygen atoms in total. The summed E-state index contributed by atoms with van der Waals surface area (Å²) in [6, 6.07) is 12.7. The fourth-order valence-corrected chi connectivity index (χ4v) is 3.36. The Balaban J connectivity index is 1.82. The highest BCUT2D eigenvalue weighted by molar-refractivity contribution is 7.14. The van der Waals surface area contributed by atoms with Crippen molar-refractivity contribution in [3.63, 3.8) is 0 Å². The third-order valence-corrected chi connectivity index (χ3v) is 4.63. The average molecular weight is 363 g/mol. The van der Waals surface area contributed by atoms with Crippen LogP contribution in [-0.2, 0) is 0 Å². The lowest BCUT2D eigenvalue weighted by Gasteiger charge is -2.04. The summed E-state index contributed by atoms with van der Waals surface area (Å²) in [7, 11) is 0. The molecule has 116 valence electrons. The SMILES string of the molecule is Cc1ccccc1C(=O)Nc1nc(-c2ccc(Cl)cc2Cl)cs1. The Kier molecular flexibility index (Phi) is 4.66. The van der Waals surface area contributed by atoms with Crippen LogP contribution in [0.2, 0.25) is 10.0 Å². The first-order valence-corrected chi connectivity index (χ1v) is 8.46. The van der Waals surface area contributed by atoms with Gasteiger partial charge in [-0.1, -0.05) is 41.4 Å². The second kappa shape index (κ2) is 6.71. The lowest BCUT2D eigenvalue weighted by atomic mass is 10.1. The Bertz CT molecular complexity index is 877. The number of carbonyl (C=O) groups excluding carboxylic acids is 1. The first-order chi connectivity index (χ1) is 11.0. The van der Waals surface area contributed by atoms with Gasteiger partial charge < -0.3 is 0 Å². The van der Waals surface area contributed by atoms with Gasteiger partial charge in [0.15, 0.2) is 5.13 Å². The molecule has 1 aromatic heterocycles. The number of amides is 1. The molecule has 3 rings (SSSR count). The monoisotopic (exact) mass is 362 g/mol. The number of hydrogen-bond donors (Lipinski definition) is 1. The highest BCUT2D eigenvalue weighted by Crippen LogP contribution is 2.32. The molecule has 0 unspecified atom stereocenters. The zero-order valence-electron chi connectivity index (χ0n) is 12.1. The van der Waals surface area contributed by atoms with E-state index in [1.54, 1.807) is 18.2 Å². The minimum Gasteiger partial charge on any atom is -0.298 e. The molecule has 2 aromatic carbocycles. The molecule has 0 fully saturated rings. The smallest absolute Gasteiger partial charge is 0.257 e. The lowest BCUT2D eigenvalue weighted by molar-refractivity contribution is 0.102. The van der Waals surface area contributed by atoms with Crippen LogP contribution in [0.5, 0.6) is 0 Å². The third kappa shape index (κ3) is 3.55. The lowest BCUT2D eigenvalue weighted by Crippen LogP contribution is -2.12. The van der Waals surface area contributed by atoms with Gasteiger partial charge in [-0.25, -0.2) is 4.98 Å². The van der Waals surface area contributed by atoms with Gasteiger partial charge in [0, 0.05) is 21.5 Å². The van der Waals surface area contributed by atoms with Crippen LogP contribution in [0, 0.1) is 6.92 Å². The number of rotatable bonds is 3. The summed E-state index contributed by atoms with van der Waals surface area (Å²) >= 11 is 13.4. The highest BCUT2D eigenvalue weighted by Gasteiger charge is 2.13. The highest BCUT2D eigenvalue weighted by atomic mass is 35.5. The second-order valence-corrected chi connectivity index (χ2v) is 6.63. The fourth-order valence-electron chi connectivity index (χ4n) is 2.14. The Morgan fingerprint density at radius 2 is 1.96 bits per heavy atom. The molecule has 0 aliphatic carbocycles. The Labute approximate surface area is 147 Å². The number of halogens is 2. The first kappa shape index (κ1) is 16.0. The van der Waals surface area contributed by atoms with Gasteiger partial charge in [-0.3, -0.25) is 10.1 Å². The van der Waals surface area contributed by atoms with Crippen molar-refractivity contribution in [2.45, 2.75) is 6.92 Å². The van der Waals surface area contributed by atoms with Crippen molar-refractivity contribution in [3.05, 3.63) is 69.0 Å². The summed E-state index contributed by atoms with van der Waals surface area (Å²) in [5, 5.41) is 6.29. The van der Waals surface area contributed by atoms with E-state index in [-0.39, 0.29) is 5.91 Å². The van der Waals surface area contributed by atoms with Crippen LogP contribution in [0.1, 0.15) is 15.9 Å². The molecule has 6 heteroatoms. The van der Waals surface area contributed by atoms with Gasteiger partial charge >= 0.3 is 0 Å². The minimum atomic E-state index is -0.175. The molecule has 1 N–H and O–H groups in total. The average Bonchev–Trinajstić information content (AvgIpc) is 2.95. The second-order valence-electron chi connectivity index (χ2n) is 4.93. The molecular formula is C17H12Cl2N2OS. The number of nitrogens with one attached hydrogen (secondary N) is 1. The van der Waals surface area contributed by atoms with E-state index in [0.717, 1.165) is 11.1 Å². The number of aryl methyl sites for hydroxylation is 1. The van der Waals surface area contributed by atoms with E-state index in [9.17, 15) is 4.79 Å². The van der Waals surface area contributed by atoms with Gasteiger partial charge in [0.1, 0.15) is 0 Å². The van der Waals surface area contributed by atoms with Crippen LogP contribution in [-0.4, -0.2) is 10.9 Å². The standard InChI is InChI=1S/C17H12Cl2N2OS/c1-10-4-2-3-5-12(10)16(22)21-17-20-15(9-23-17)13-7-6-11(18)8-14(13)19/h2-9H,1H3,(H,20,21,22). The quantitative estimate of drug-likeness (QED) is 0.651. The van der Waals surface area contributed by atoms with E-state index < -0.39 is 0 Å². The van der Waals surface area contributed by atoms with Gasteiger partial charge in [-0.15, -0.1) is 11.3 Å². The molecular weight excluding hydrogens is 351 g/mol. The van der Waals surface area contributed by atoms with Gasteiger partial charge in [-0.2, -0.15) is 0 Å². The summed E-state index contributed by atoms with van der Waals surface area (Å²) in [6.45, 7) is 1.90. The van der Waals surface area contributed by atoms with Crippen molar-refractivity contribution >= 4 is 45.6 Å². The largest absolute Gasteiger partial charge is 0.298 e. The number of carbonyl (C=O) groups is 1. The van der Waals surface area contributed by atoms with Crippen LogP contribution in [0.15, 0.2) is 47.8 Å². The number of hydrogen-bond acceptors (Lipinski definition) is 3. The Hall–Kier alpha value is -1.88. The van der Waals surface area contributed by atoms with Crippen LogP contribution >= 0.6 is 34.5 Å². The maximum atomic E-state index is 12.3. The summed E-state index contributed by atoms with van der Waals surface area (Å²) in [4.78, 5) is 16.7. The van der Waals surface area contributed by atoms with E-state index in [0.29, 0.717) is 26.4 Å². The molecule has 0 aliphatic heterocycles. The van der Waals surface area contributed by atoms with E-state index in [1.807, 2.05) is 36.6 Å². The van der Waals surface area contributed by atoms with Gasteiger partial charge in [-0.05, 0) is 36.8 Å². The molecule has 1 amide bonds. The molecule has 0 aliphatic rings. The predicted molar refractivity (Wildman–Crippen MR) is 96.7 cm³/mol. The van der Waals surface area contributed by atoms with Crippen molar-refractivity contribution in [2.24, 2.45) is 0 Å². The Morgan fingerprint density at radius 1 is 1.17 bits per heavy atom. The number of anilines is 1.